The van der Waals surface area contributed by atoms with Gasteiger partial charge in [0.25, 0.3) is 0 Å². The minimum Gasteiger partial charge on any atom is -0.508 e. The van der Waals surface area contributed by atoms with Crippen molar-refractivity contribution in [1.82, 2.24) is 0 Å². The van der Waals surface area contributed by atoms with E-state index in [1.807, 2.05) is 42.5 Å². The minimum atomic E-state index is 0.323. The zero-order chi connectivity index (χ0) is 15.9. The first-order chi connectivity index (χ1) is 11.3. The molecule has 4 aromatic rings. The molecule has 0 amide bonds. The number of hydrogen-bond acceptors (Lipinski definition) is 1. The lowest BCUT2D eigenvalue weighted by Gasteiger charge is -1.98. The van der Waals surface area contributed by atoms with E-state index in [4.69, 9.17) is 5.11 Å². The summed E-state index contributed by atoms with van der Waals surface area (Å²) in [6.45, 7) is 0. The molecule has 0 saturated carbocycles. The molecule has 23 heavy (non-hydrogen) atoms. The molecule has 0 spiro atoms. The molecule has 1 heteroatoms. The molecule has 0 aliphatic carbocycles. The van der Waals surface area contributed by atoms with Gasteiger partial charge in [-0.1, -0.05) is 91.0 Å². The minimum absolute atomic E-state index is 0.323. The highest BCUT2D eigenvalue weighted by molar-refractivity contribution is 5.83. The van der Waals surface area contributed by atoms with E-state index < -0.39 is 0 Å². The summed E-state index contributed by atoms with van der Waals surface area (Å²) in [7, 11) is 0. The topological polar surface area (TPSA) is 20.2 Å². The Bertz CT molecular complexity index is 830. The summed E-state index contributed by atoms with van der Waals surface area (Å²) >= 11 is 0. The Kier molecular flexibility index (Phi) is 4.70. The molecule has 0 bridgehead atoms. The van der Waals surface area contributed by atoms with Crippen LogP contribution in [0.15, 0.2) is 103 Å². The Labute approximate surface area is 136 Å². The van der Waals surface area contributed by atoms with Crippen LogP contribution in [0.2, 0.25) is 0 Å². The molecule has 0 radical (unpaired) electrons. The summed E-state index contributed by atoms with van der Waals surface area (Å²) in [6, 6.07) is 34.1. The van der Waals surface area contributed by atoms with Gasteiger partial charge in [0.2, 0.25) is 0 Å². The highest BCUT2D eigenvalue weighted by Gasteiger charge is 1.92. The first-order valence-corrected chi connectivity index (χ1v) is 7.61. The van der Waals surface area contributed by atoms with Crippen LogP contribution in [-0.2, 0) is 0 Å². The largest absolute Gasteiger partial charge is 0.508 e. The third-order valence-electron chi connectivity index (χ3n) is 3.61. The predicted octanol–water partition coefficient (Wildman–Crippen LogP) is 5.90. The molecule has 0 fully saturated rings. The molecule has 0 aliphatic rings. The van der Waals surface area contributed by atoms with E-state index in [1.165, 1.54) is 11.1 Å². The van der Waals surface area contributed by atoms with Crippen molar-refractivity contribution >= 4 is 10.8 Å². The predicted molar refractivity (Wildman–Crippen MR) is 97.5 cm³/mol. The second-order valence-electron chi connectivity index (χ2n) is 5.26. The molecule has 0 aromatic heterocycles. The Hall–Kier alpha value is -3.06. The lowest BCUT2D eigenvalue weighted by molar-refractivity contribution is 0.476. The van der Waals surface area contributed by atoms with Crippen LogP contribution < -0.4 is 0 Å². The third-order valence-corrected chi connectivity index (χ3v) is 3.61. The van der Waals surface area contributed by atoms with Gasteiger partial charge in [-0.2, -0.15) is 0 Å². The van der Waals surface area contributed by atoms with Gasteiger partial charge in [-0.25, -0.2) is 0 Å². The van der Waals surface area contributed by atoms with E-state index in [2.05, 4.69) is 48.5 Å². The number of rotatable bonds is 1. The number of fused-ring (bicyclic) bond motifs is 1. The van der Waals surface area contributed by atoms with Gasteiger partial charge in [-0.15, -0.1) is 0 Å². The number of phenolic OH excluding ortho intramolecular Hbond substituents is 1. The average Bonchev–Trinajstić information content (AvgIpc) is 2.64. The molecule has 1 nitrogen and oxygen atoms in total. The van der Waals surface area contributed by atoms with Crippen LogP contribution >= 0.6 is 0 Å². The zero-order valence-corrected chi connectivity index (χ0v) is 12.8. The zero-order valence-electron chi connectivity index (χ0n) is 12.8. The second-order valence-corrected chi connectivity index (χ2v) is 5.26. The maximum atomic E-state index is 9.13. The molecule has 112 valence electrons. The third kappa shape index (κ3) is 3.98. The Morgan fingerprint density at radius 3 is 1.48 bits per heavy atom. The molecular formula is C22H18O. The van der Waals surface area contributed by atoms with E-state index in [1.54, 1.807) is 12.1 Å². The van der Waals surface area contributed by atoms with E-state index >= 15 is 0 Å². The van der Waals surface area contributed by atoms with E-state index in [0.29, 0.717) is 5.75 Å². The Morgan fingerprint density at radius 2 is 0.913 bits per heavy atom. The lowest BCUT2D eigenvalue weighted by atomic mass is 10.1. The maximum absolute atomic E-state index is 9.13. The number of phenols is 1. The van der Waals surface area contributed by atoms with Gasteiger partial charge in [0.1, 0.15) is 5.75 Å². The fourth-order valence-corrected chi connectivity index (χ4v) is 2.44. The fraction of sp³-hybridized carbons (Fsp3) is 0. The highest BCUT2D eigenvalue weighted by Crippen LogP contribution is 2.19. The summed E-state index contributed by atoms with van der Waals surface area (Å²) < 4.78 is 0. The summed E-state index contributed by atoms with van der Waals surface area (Å²) in [5.74, 6) is 0.323. The van der Waals surface area contributed by atoms with Crippen molar-refractivity contribution in [2.45, 2.75) is 0 Å². The van der Waals surface area contributed by atoms with Gasteiger partial charge in [0.15, 0.2) is 0 Å². The van der Waals surface area contributed by atoms with Crippen LogP contribution in [0.3, 0.4) is 0 Å². The van der Waals surface area contributed by atoms with Crippen molar-refractivity contribution in [3.8, 4) is 16.9 Å². The van der Waals surface area contributed by atoms with Gasteiger partial charge in [-0.3, -0.25) is 0 Å². The van der Waals surface area contributed by atoms with E-state index in [-0.39, 0.29) is 0 Å². The first kappa shape index (κ1) is 14.9. The van der Waals surface area contributed by atoms with Crippen molar-refractivity contribution in [3.05, 3.63) is 103 Å². The Balaban J connectivity index is 0.000000136. The van der Waals surface area contributed by atoms with Gasteiger partial charge in [0, 0.05) is 0 Å². The highest BCUT2D eigenvalue weighted by atomic mass is 16.3. The number of hydrogen-bond donors (Lipinski definition) is 1. The van der Waals surface area contributed by atoms with E-state index in [9.17, 15) is 0 Å². The average molecular weight is 298 g/mol. The van der Waals surface area contributed by atoms with Crippen LogP contribution in [0.4, 0.5) is 0 Å². The molecule has 0 saturated heterocycles. The molecule has 0 aliphatic heterocycles. The molecule has 0 atom stereocenters. The van der Waals surface area contributed by atoms with Crippen LogP contribution in [0.1, 0.15) is 0 Å². The van der Waals surface area contributed by atoms with Gasteiger partial charge < -0.3 is 5.11 Å². The Morgan fingerprint density at radius 1 is 0.435 bits per heavy atom. The van der Waals surface area contributed by atoms with Crippen LogP contribution in [0, 0.1) is 0 Å². The van der Waals surface area contributed by atoms with Gasteiger partial charge >= 0.3 is 0 Å². The standard InChI is InChI=1S/C12H10.C10H8O/c1-3-7-11(8-4-1)12-9-5-2-6-10-12;11-10-6-5-8-3-1-2-4-9(8)7-10/h1-10H;1-7,11H. The quantitative estimate of drug-likeness (QED) is 0.464. The molecule has 4 rings (SSSR count). The van der Waals surface area contributed by atoms with E-state index in [0.717, 1.165) is 10.8 Å². The first-order valence-electron chi connectivity index (χ1n) is 7.61. The van der Waals surface area contributed by atoms with Gasteiger partial charge in [0.05, 0.1) is 0 Å². The molecule has 4 aromatic carbocycles. The fourth-order valence-electron chi connectivity index (χ4n) is 2.44. The number of benzene rings is 4. The van der Waals surface area contributed by atoms with Crippen molar-refractivity contribution in [2.75, 3.05) is 0 Å². The van der Waals surface area contributed by atoms with Crippen LogP contribution in [-0.4, -0.2) is 5.11 Å². The summed E-state index contributed by atoms with van der Waals surface area (Å²) in [5.41, 5.74) is 2.55. The monoisotopic (exact) mass is 298 g/mol. The normalized spacial score (nSPS) is 9.91. The van der Waals surface area contributed by atoms with Crippen LogP contribution in [0.5, 0.6) is 5.75 Å². The summed E-state index contributed by atoms with van der Waals surface area (Å²) in [4.78, 5) is 0. The van der Waals surface area contributed by atoms with Crippen molar-refractivity contribution < 1.29 is 5.11 Å². The van der Waals surface area contributed by atoms with Crippen molar-refractivity contribution in [3.63, 3.8) is 0 Å². The molecule has 0 unspecified atom stereocenters. The smallest absolute Gasteiger partial charge is 0.116 e. The van der Waals surface area contributed by atoms with Crippen LogP contribution in [0.25, 0.3) is 21.9 Å². The summed E-state index contributed by atoms with van der Waals surface area (Å²) in [6.07, 6.45) is 0. The van der Waals surface area contributed by atoms with Gasteiger partial charge in [-0.05, 0) is 34.0 Å². The second kappa shape index (κ2) is 7.28. The summed E-state index contributed by atoms with van der Waals surface area (Å²) in [5, 5.41) is 11.4. The SMILES string of the molecule is Oc1ccc2ccccc2c1.c1ccc(-c2ccccc2)cc1. The molecule has 1 N–H and O–H groups in total. The molecular weight excluding hydrogens is 280 g/mol. The molecule has 0 heterocycles. The van der Waals surface area contributed by atoms with Crippen molar-refractivity contribution in [2.24, 2.45) is 0 Å². The number of aromatic hydroxyl groups is 1. The lowest BCUT2D eigenvalue weighted by Crippen LogP contribution is -1.73. The maximum Gasteiger partial charge on any atom is 0.116 e. The van der Waals surface area contributed by atoms with Crippen molar-refractivity contribution in [1.29, 1.82) is 0 Å².